The van der Waals surface area contributed by atoms with Crippen LogP contribution in [0, 0.1) is 0 Å². The maximum absolute atomic E-state index is 10.9. The van der Waals surface area contributed by atoms with Crippen molar-refractivity contribution in [2.75, 3.05) is 5.75 Å². The second-order valence-electron chi connectivity index (χ2n) is 4.52. The minimum Gasteiger partial charge on any atom is -0.480 e. The average molecular weight is 287 g/mol. The Bertz CT molecular complexity index is 554. The highest BCUT2D eigenvalue weighted by atomic mass is 32.1. The molecule has 3 nitrogen and oxygen atoms in total. The molecule has 104 valence electrons. The quantitative estimate of drug-likeness (QED) is 0.716. The minimum absolute atomic E-state index is 0.275. The van der Waals surface area contributed by atoms with Gasteiger partial charge >= 0.3 is 5.97 Å². The lowest BCUT2D eigenvalue weighted by Crippen LogP contribution is -2.37. The first-order valence-corrected chi connectivity index (χ1v) is 7.05. The Labute approximate surface area is 124 Å². The molecule has 1 atom stereocenters. The summed E-state index contributed by atoms with van der Waals surface area (Å²) in [4.78, 5) is 10.9. The predicted octanol–water partition coefficient (Wildman–Crippen LogP) is 2.83. The SMILES string of the molecule is O=C(O)[C@H](CS)NCc1ccc(-c2ccccc2)cc1. The lowest BCUT2D eigenvalue weighted by Gasteiger charge is -2.12. The summed E-state index contributed by atoms with van der Waals surface area (Å²) in [5, 5.41) is 11.9. The molecule has 0 heterocycles. The van der Waals surface area contributed by atoms with E-state index in [0.29, 0.717) is 6.54 Å². The van der Waals surface area contributed by atoms with Gasteiger partial charge in [0.25, 0.3) is 0 Å². The fourth-order valence-corrected chi connectivity index (χ4v) is 2.20. The van der Waals surface area contributed by atoms with Crippen LogP contribution >= 0.6 is 12.6 Å². The second-order valence-corrected chi connectivity index (χ2v) is 4.88. The van der Waals surface area contributed by atoms with E-state index in [0.717, 1.165) is 11.1 Å². The number of hydrogen-bond acceptors (Lipinski definition) is 3. The van der Waals surface area contributed by atoms with Crippen LogP contribution in [0.1, 0.15) is 5.56 Å². The number of aliphatic carboxylic acids is 1. The first-order valence-electron chi connectivity index (χ1n) is 6.42. The molecule has 2 N–H and O–H groups in total. The normalized spacial score (nSPS) is 12.1. The van der Waals surface area contributed by atoms with E-state index < -0.39 is 12.0 Å². The summed E-state index contributed by atoms with van der Waals surface area (Å²) in [7, 11) is 0. The first kappa shape index (κ1) is 14.6. The molecule has 20 heavy (non-hydrogen) atoms. The van der Waals surface area contributed by atoms with Gasteiger partial charge in [0.15, 0.2) is 0 Å². The van der Waals surface area contributed by atoms with Crippen LogP contribution in [0.3, 0.4) is 0 Å². The molecule has 0 aliphatic heterocycles. The van der Waals surface area contributed by atoms with Gasteiger partial charge < -0.3 is 5.11 Å². The molecule has 0 fully saturated rings. The summed E-state index contributed by atoms with van der Waals surface area (Å²) in [6.07, 6.45) is 0. The smallest absolute Gasteiger partial charge is 0.321 e. The Morgan fingerprint density at radius 2 is 1.65 bits per heavy atom. The fourth-order valence-electron chi connectivity index (χ4n) is 1.92. The van der Waals surface area contributed by atoms with Gasteiger partial charge in [-0.3, -0.25) is 10.1 Å². The average Bonchev–Trinajstić information content (AvgIpc) is 2.49. The van der Waals surface area contributed by atoms with Crippen LogP contribution in [-0.4, -0.2) is 22.9 Å². The van der Waals surface area contributed by atoms with Gasteiger partial charge in [0.1, 0.15) is 6.04 Å². The monoisotopic (exact) mass is 287 g/mol. The van der Waals surface area contributed by atoms with Crippen molar-refractivity contribution in [3.05, 3.63) is 60.2 Å². The molecule has 0 bridgehead atoms. The van der Waals surface area contributed by atoms with Crippen molar-refractivity contribution in [2.45, 2.75) is 12.6 Å². The van der Waals surface area contributed by atoms with E-state index in [9.17, 15) is 4.79 Å². The molecule has 0 saturated carbocycles. The lowest BCUT2D eigenvalue weighted by molar-refractivity contribution is -0.138. The molecule has 0 aliphatic rings. The van der Waals surface area contributed by atoms with Gasteiger partial charge in [0.2, 0.25) is 0 Å². The van der Waals surface area contributed by atoms with Crippen molar-refractivity contribution in [2.24, 2.45) is 0 Å². The lowest BCUT2D eigenvalue weighted by atomic mass is 10.0. The van der Waals surface area contributed by atoms with Crippen molar-refractivity contribution in [1.29, 1.82) is 0 Å². The maximum atomic E-state index is 10.9. The van der Waals surface area contributed by atoms with Crippen molar-refractivity contribution in [3.8, 4) is 11.1 Å². The molecular weight excluding hydrogens is 270 g/mol. The molecule has 0 aromatic heterocycles. The van der Waals surface area contributed by atoms with Gasteiger partial charge in [-0.1, -0.05) is 54.6 Å². The molecule has 2 aromatic rings. The summed E-state index contributed by atoms with van der Waals surface area (Å²) >= 11 is 4.02. The van der Waals surface area contributed by atoms with Crippen LogP contribution in [0.4, 0.5) is 0 Å². The zero-order chi connectivity index (χ0) is 14.4. The number of carboxylic acid groups (broad SMARTS) is 1. The third-order valence-corrected chi connectivity index (χ3v) is 3.46. The summed E-state index contributed by atoms with van der Waals surface area (Å²) < 4.78 is 0. The predicted molar refractivity (Wildman–Crippen MR) is 84.0 cm³/mol. The van der Waals surface area contributed by atoms with Gasteiger partial charge in [0, 0.05) is 12.3 Å². The summed E-state index contributed by atoms with van der Waals surface area (Å²) in [5.41, 5.74) is 3.38. The van der Waals surface area contributed by atoms with Gasteiger partial charge in [-0.05, 0) is 16.7 Å². The number of carboxylic acids is 1. The zero-order valence-corrected chi connectivity index (χ0v) is 11.9. The first-order chi connectivity index (χ1) is 9.70. The van der Waals surface area contributed by atoms with Gasteiger partial charge in [-0.25, -0.2) is 0 Å². The standard InChI is InChI=1S/C16H17NO2S/c18-16(19)15(11-20)17-10-12-6-8-14(9-7-12)13-4-2-1-3-5-13/h1-9,15,17,20H,10-11H2,(H,18,19)/t15-/m0/s1. The van der Waals surface area contributed by atoms with Crippen LogP contribution in [0.25, 0.3) is 11.1 Å². The van der Waals surface area contributed by atoms with Crippen molar-refractivity contribution < 1.29 is 9.90 Å². The fraction of sp³-hybridized carbons (Fsp3) is 0.188. The molecule has 0 saturated heterocycles. The molecule has 2 aromatic carbocycles. The van der Waals surface area contributed by atoms with Gasteiger partial charge in [-0.2, -0.15) is 12.6 Å². The Hall–Kier alpha value is -1.78. The highest BCUT2D eigenvalue weighted by Gasteiger charge is 2.13. The number of hydrogen-bond donors (Lipinski definition) is 3. The van der Waals surface area contributed by atoms with E-state index in [1.165, 1.54) is 5.56 Å². The van der Waals surface area contributed by atoms with Gasteiger partial charge in [0.05, 0.1) is 0 Å². The number of nitrogens with one attached hydrogen (secondary N) is 1. The van der Waals surface area contributed by atoms with E-state index >= 15 is 0 Å². The van der Waals surface area contributed by atoms with Crippen molar-refractivity contribution in [3.63, 3.8) is 0 Å². The van der Waals surface area contributed by atoms with E-state index in [4.69, 9.17) is 5.11 Å². The number of carbonyl (C=O) groups is 1. The van der Waals surface area contributed by atoms with Crippen molar-refractivity contribution in [1.82, 2.24) is 5.32 Å². The molecule has 0 spiro atoms. The Balaban J connectivity index is 2.00. The second kappa shape index (κ2) is 7.12. The van der Waals surface area contributed by atoms with Crippen molar-refractivity contribution >= 4 is 18.6 Å². The van der Waals surface area contributed by atoms with Crippen LogP contribution in [-0.2, 0) is 11.3 Å². The number of rotatable bonds is 6. The number of benzene rings is 2. The largest absolute Gasteiger partial charge is 0.480 e. The van der Waals surface area contributed by atoms with E-state index in [-0.39, 0.29) is 5.75 Å². The Morgan fingerprint density at radius 1 is 1.05 bits per heavy atom. The maximum Gasteiger partial charge on any atom is 0.321 e. The van der Waals surface area contributed by atoms with Crippen LogP contribution in [0.15, 0.2) is 54.6 Å². The molecule has 0 amide bonds. The van der Waals surface area contributed by atoms with E-state index in [2.05, 4.69) is 30.1 Å². The summed E-state index contributed by atoms with van der Waals surface area (Å²) in [5.74, 6) is -0.599. The third-order valence-electron chi connectivity index (χ3n) is 3.09. The molecule has 4 heteroatoms. The van der Waals surface area contributed by atoms with Crippen LogP contribution in [0.2, 0.25) is 0 Å². The Morgan fingerprint density at radius 3 is 2.20 bits per heavy atom. The minimum atomic E-state index is -0.874. The molecular formula is C16H17NO2S. The zero-order valence-electron chi connectivity index (χ0n) is 11.0. The molecule has 0 unspecified atom stereocenters. The molecule has 0 radical (unpaired) electrons. The van der Waals surface area contributed by atoms with E-state index in [1.54, 1.807) is 0 Å². The Kier molecular flexibility index (Phi) is 5.21. The van der Waals surface area contributed by atoms with Crippen LogP contribution in [0.5, 0.6) is 0 Å². The number of thiol groups is 1. The third kappa shape index (κ3) is 3.85. The summed E-state index contributed by atoms with van der Waals surface area (Å²) in [6, 6.07) is 17.6. The molecule has 0 aliphatic carbocycles. The topological polar surface area (TPSA) is 49.3 Å². The highest BCUT2D eigenvalue weighted by molar-refractivity contribution is 7.80. The summed E-state index contributed by atoms with van der Waals surface area (Å²) in [6.45, 7) is 0.520. The highest BCUT2D eigenvalue weighted by Crippen LogP contribution is 2.19. The molecule has 2 rings (SSSR count). The van der Waals surface area contributed by atoms with Crippen LogP contribution < -0.4 is 5.32 Å². The van der Waals surface area contributed by atoms with E-state index in [1.807, 2.05) is 42.5 Å². The van der Waals surface area contributed by atoms with Gasteiger partial charge in [-0.15, -0.1) is 0 Å².